The number of pyridine rings is 1. The molecule has 3 fully saturated rings. The van der Waals surface area contributed by atoms with Gasteiger partial charge < -0.3 is 29.5 Å². The van der Waals surface area contributed by atoms with Crippen molar-refractivity contribution >= 4 is 33.9 Å². The Morgan fingerprint density at radius 1 is 1.14 bits per heavy atom. The molecule has 0 radical (unpaired) electrons. The molecule has 0 unspecified atom stereocenters. The summed E-state index contributed by atoms with van der Waals surface area (Å²) in [5.41, 5.74) is -0.276. The summed E-state index contributed by atoms with van der Waals surface area (Å²) in [5.74, 6) is -0.873. The predicted octanol–water partition coefficient (Wildman–Crippen LogP) is 4.76. The first kappa shape index (κ1) is 33.3. The summed E-state index contributed by atoms with van der Waals surface area (Å²) in [6.07, 6.45) is 7.28. The molecular weight excluding hydrogens is 634 g/mol. The fourth-order valence-corrected chi connectivity index (χ4v) is 7.93. The SMILES string of the molecule is COCCCc1c(F)ccc2cc(O)cc(-c3ncc4c(N5CCOC[C@](C)(NC=O)C5)nc(OCC56CCCN5CCC6)nc4c3F)c12. The van der Waals surface area contributed by atoms with Crippen molar-refractivity contribution in [2.24, 2.45) is 0 Å². The van der Waals surface area contributed by atoms with Crippen LogP contribution in [0, 0.1) is 11.6 Å². The highest BCUT2D eigenvalue weighted by molar-refractivity contribution is 6.01. The molecule has 0 bridgehead atoms. The molecule has 7 rings (SSSR count). The van der Waals surface area contributed by atoms with Gasteiger partial charge in [0.25, 0.3) is 0 Å². The third-order valence-electron chi connectivity index (χ3n) is 10.3. The molecule has 1 atom stereocenters. The number of nitrogens with one attached hydrogen (secondary N) is 1. The van der Waals surface area contributed by atoms with Gasteiger partial charge in [0.05, 0.1) is 29.7 Å². The highest BCUT2D eigenvalue weighted by Gasteiger charge is 2.45. The molecule has 0 aliphatic carbocycles. The second kappa shape index (κ2) is 13.6. The van der Waals surface area contributed by atoms with Crippen LogP contribution in [-0.4, -0.2) is 102 Å². The van der Waals surface area contributed by atoms with Crippen molar-refractivity contribution in [3.63, 3.8) is 0 Å². The Morgan fingerprint density at radius 3 is 2.73 bits per heavy atom. The highest BCUT2D eigenvalue weighted by atomic mass is 19.1. The van der Waals surface area contributed by atoms with E-state index in [1.165, 1.54) is 24.4 Å². The number of phenolic OH excluding ortho intramolecular Hbond substituents is 1. The third kappa shape index (κ3) is 6.35. The number of halogens is 2. The zero-order valence-corrected chi connectivity index (χ0v) is 27.9. The number of rotatable bonds is 11. The van der Waals surface area contributed by atoms with Crippen LogP contribution in [0.15, 0.2) is 30.5 Å². The first-order valence-corrected chi connectivity index (χ1v) is 17.0. The van der Waals surface area contributed by atoms with Gasteiger partial charge in [-0.3, -0.25) is 14.7 Å². The monoisotopic (exact) mass is 676 g/mol. The Labute approximate surface area is 283 Å². The van der Waals surface area contributed by atoms with Gasteiger partial charge in [-0.05, 0) is 93.1 Å². The molecule has 3 aliphatic rings. The first-order chi connectivity index (χ1) is 23.7. The Morgan fingerprint density at radius 2 is 1.96 bits per heavy atom. The lowest BCUT2D eigenvalue weighted by molar-refractivity contribution is -0.111. The summed E-state index contributed by atoms with van der Waals surface area (Å²) in [5, 5.41) is 14.9. The van der Waals surface area contributed by atoms with E-state index in [0.717, 1.165) is 38.8 Å². The highest BCUT2D eigenvalue weighted by Crippen LogP contribution is 2.41. The molecule has 13 heteroatoms. The molecule has 5 heterocycles. The first-order valence-electron chi connectivity index (χ1n) is 17.0. The topological polar surface area (TPSA) is 122 Å². The maximum Gasteiger partial charge on any atom is 0.319 e. The molecule has 0 spiro atoms. The molecule has 0 saturated carbocycles. The van der Waals surface area contributed by atoms with E-state index in [-0.39, 0.29) is 40.7 Å². The summed E-state index contributed by atoms with van der Waals surface area (Å²) >= 11 is 0. The molecule has 3 aliphatic heterocycles. The van der Waals surface area contributed by atoms with Gasteiger partial charge in [-0.1, -0.05) is 6.07 Å². The number of phenols is 1. The van der Waals surface area contributed by atoms with Crippen LogP contribution in [0.2, 0.25) is 0 Å². The number of carbonyl (C=O) groups is 1. The number of aryl methyl sites for hydroxylation is 1. The minimum absolute atomic E-state index is 0.0127. The lowest BCUT2D eigenvalue weighted by atomic mass is 9.93. The van der Waals surface area contributed by atoms with E-state index in [2.05, 4.69) is 20.2 Å². The number of aromatic nitrogens is 3. The second-order valence-corrected chi connectivity index (χ2v) is 13.7. The van der Waals surface area contributed by atoms with Gasteiger partial charge in [-0.2, -0.15) is 9.97 Å². The number of carbonyl (C=O) groups excluding carboxylic acids is 1. The van der Waals surface area contributed by atoms with E-state index in [9.17, 15) is 9.90 Å². The Balaban J connectivity index is 1.38. The number of ether oxygens (including phenoxy) is 3. The molecule has 3 saturated heterocycles. The molecule has 49 heavy (non-hydrogen) atoms. The van der Waals surface area contributed by atoms with Crippen molar-refractivity contribution in [3.05, 3.63) is 47.7 Å². The summed E-state index contributed by atoms with van der Waals surface area (Å²) in [6, 6.07) is 5.90. The van der Waals surface area contributed by atoms with Gasteiger partial charge in [-0.25, -0.2) is 8.78 Å². The average molecular weight is 677 g/mol. The average Bonchev–Trinajstić information content (AvgIpc) is 3.61. The number of fused-ring (bicyclic) bond motifs is 3. The van der Waals surface area contributed by atoms with E-state index in [4.69, 9.17) is 19.2 Å². The van der Waals surface area contributed by atoms with E-state index >= 15 is 8.78 Å². The summed E-state index contributed by atoms with van der Waals surface area (Å²) < 4.78 is 49.8. The zero-order valence-electron chi connectivity index (χ0n) is 27.9. The summed E-state index contributed by atoms with van der Waals surface area (Å²) in [7, 11) is 1.58. The molecule has 11 nitrogen and oxygen atoms in total. The van der Waals surface area contributed by atoms with Crippen molar-refractivity contribution < 1.29 is 32.9 Å². The number of aromatic hydroxyl groups is 1. The van der Waals surface area contributed by atoms with Gasteiger partial charge in [0.1, 0.15) is 35.2 Å². The fourth-order valence-electron chi connectivity index (χ4n) is 7.93. The minimum Gasteiger partial charge on any atom is -0.508 e. The van der Waals surface area contributed by atoms with Crippen molar-refractivity contribution in [1.29, 1.82) is 0 Å². The van der Waals surface area contributed by atoms with Gasteiger partial charge in [0, 0.05) is 38.6 Å². The van der Waals surface area contributed by atoms with Crippen molar-refractivity contribution in [1.82, 2.24) is 25.2 Å². The van der Waals surface area contributed by atoms with Crippen molar-refractivity contribution in [2.45, 2.75) is 56.5 Å². The Kier molecular flexibility index (Phi) is 9.25. The maximum atomic E-state index is 17.1. The number of amides is 1. The predicted molar refractivity (Wildman–Crippen MR) is 181 cm³/mol. The molecule has 4 aromatic rings. The van der Waals surface area contributed by atoms with E-state index in [1.807, 2.05) is 11.8 Å². The summed E-state index contributed by atoms with van der Waals surface area (Å²) in [4.78, 5) is 30.0. The maximum absolute atomic E-state index is 17.1. The van der Waals surface area contributed by atoms with Crippen LogP contribution >= 0.6 is 0 Å². The molecule has 260 valence electrons. The van der Waals surface area contributed by atoms with Crippen LogP contribution in [0.25, 0.3) is 32.9 Å². The molecule has 2 N–H and O–H groups in total. The van der Waals surface area contributed by atoms with Crippen LogP contribution in [0.4, 0.5) is 14.6 Å². The Bertz CT molecular complexity index is 1870. The molecular formula is C36H42F2N6O5. The number of hydrogen-bond donors (Lipinski definition) is 2. The Hall–Kier alpha value is -4.20. The number of nitrogens with zero attached hydrogens (tertiary/aromatic N) is 5. The lowest BCUT2D eigenvalue weighted by Gasteiger charge is -2.33. The number of methoxy groups -OCH3 is 1. The van der Waals surface area contributed by atoms with Crippen LogP contribution in [0.5, 0.6) is 11.8 Å². The molecule has 2 aromatic heterocycles. The lowest BCUT2D eigenvalue weighted by Crippen LogP contribution is -2.52. The third-order valence-corrected chi connectivity index (χ3v) is 10.3. The quantitative estimate of drug-likeness (QED) is 0.170. The molecule has 1 amide bonds. The number of benzene rings is 2. The van der Waals surface area contributed by atoms with Crippen LogP contribution in [0.3, 0.4) is 0 Å². The van der Waals surface area contributed by atoms with Gasteiger partial charge in [-0.15, -0.1) is 0 Å². The number of hydrogen-bond acceptors (Lipinski definition) is 10. The van der Waals surface area contributed by atoms with Crippen molar-refractivity contribution in [3.8, 4) is 23.0 Å². The largest absolute Gasteiger partial charge is 0.508 e. The van der Waals surface area contributed by atoms with Crippen LogP contribution in [-0.2, 0) is 20.7 Å². The van der Waals surface area contributed by atoms with Gasteiger partial charge >= 0.3 is 6.01 Å². The molecule has 2 aromatic carbocycles. The number of anilines is 1. The van der Waals surface area contributed by atoms with E-state index < -0.39 is 17.2 Å². The van der Waals surface area contributed by atoms with Crippen molar-refractivity contribution in [2.75, 3.05) is 64.6 Å². The van der Waals surface area contributed by atoms with E-state index in [0.29, 0.717) is 79.7 Å². The van der Waals surface area contributed by atoms with Crippen LogP contribution < -0.4 is 15.0 Å². The zero-order chi connectivity index (χ0) is 34.2. The van der Waals surface area contributed by atoms with Gasteiger partial charge in [0.15, 0.2) is 5.82 Å². The van der Waals surface area contributed by atoms with Gasteiger partial charge in [0.2, 0.25) is 6.41 Å². The van der Waals surface area contributed by atoms with Crippen LogP contribution in [0.1, 0.15) is 44.6 Å². The second-order valence-electron chi connectivity index (χ2n) is 13.7. The fraction of sp³-hybridized carbons (Fsp3) is 0.500. The summed E-state index contributed by atoms with van der Waals surface area (Å²) in [6.45, 7) is 6.14. The smallest absolute Gasteiger partial charge is 0.319 e. The standard InChI is InChI=1S/C36H42F2N6O5/c1-35(40-22-45)19-43(13-15-48-20-35)33-27-18-39-31(26-17-24(46)16-23-7-8-28(37)25(29(23)26)6-3-14-47-2)30(38)32(27)41-34(42-33)49-21-36-9-4-11-44(36)12-5-10-36/h7-8,16-18,22,46H,3-6,9-15,19-21H2,1-2H3,(H,40,45)/t35-/m1/s1. The minimum atomic E-state index is -0.744. The van der Waals surface area contributed by atoms with E-state index in [1.54, 1.807) is 13.2 Å². The normalized spacial score (nSPS) is 20.9.